The Kier molecular flexibility index (Phi) is 1.54. The third-order valence-electron chi connectivity index (χ3n) is 2.36. The standard InChI is InChI=1S/C9H10FNO/c10-6-2-4-8(12)5-1-3-7(11)9(5)6/h2,4,7,12H,1,3,11H2/t7-/m1/s1. The molecule has 0 unspecified atom stereocenters. The number of hydrogen-bond donors (Lipinski definition) is 2. The molecule has 1 aromatic carbocycles. The van der Waals surface area contributed by atoms with Gasteiger partial charge in [0.1, 0.15) is 11.6 Å². The first-order valence-corrected chi connectivity index (χ1v) is 3.96. The lowest BCUT2D eigenvalue weighted by Crippen LogP contribution is -2.07. The Balaban J connectivity index is 2.64. The van der Waals surface area contributed by atoms with Gasteiger partial charge in [-0.3, -0.25) is 0 Å². The second-order valence-corrected chi connectivity index (χ2v) is 3.10. The quantitative estimate of drug-likeness (QED) is 0.614. The van der Waals surface area contributed by atoms with Crippen molar-refractivity contribution in [2.45, 2.75) is 18.9 Å². The van der Waals surface area contributed by atoms with E-state index < -0.39 is 0 Å². The summed E-state index contributed by atoms with van der Waals surface area (Å²) in [7, 11) is 0. The van der Waals surface area contributed by atoms with Crippen LogP contribution in [0.5, 0.6) is 5.75 Å². The van der Waals surface area contributed by atoms with Crippen molar-refractivity contribution in [2.75, 3.05) is 0 Å². The van der Waals surface area contributed by atoms with E-state index in [9.17, 15) is 9.50 Å². The molecule has 0 radical (unpaired) electrons. The van der Waals surface area contributed by atoms with Gasteiger partial charge in [-0.2, -0.15) is 0 Å². The summed E-state index contributed by atoms with van der Waals surface area (Å²) >= 11 is 0. The molecular formula is C9H10FNO. The molecule has 2 rings (SSSR count). The van der Waals surface area contributed by atoms with Gasteiger partial charge in [-0.05, 0) is 25.0 Å². The minimum Gasteiger partial charge on any atom is -0.508 e. The maximum atomic E-state index is 13.1. The van der Waals surface area contributed by atoms with Crippen LogP contribution in [0, 0.1) is 5.82 Å². The molecule has 12 heavy (non-hydrogen) atoms. The first-order valence-electron chi connectivity index (χ1n) is 3.96. The Bertz CT molecular complexity index is 325. The van der Waals surface area contributed by atoms with Crippen molar-refractivity contribution >= 4 is 0 Å². The lowest BCUT2D eigenvalue weighted by atomic mass is 10.1. The Morgan fingerprint density at radius 2 is 2.25 bits per heavy atom. The molecule has 3 heteroatoms. The number of nitrogens with two attached hydrogens (primary N) is 1. The zero-order valence-corrected chi connectivity index (χ0v) is 6.55. The van der Waals surface area contributed by atoms with Crippen LogP contribution in [0.3, 0.4) is 0 Å². The van der Waals surface area contributed by atoms with E-state index in [-0.39, 0.29) is 17.6 Å². The molecule has 0 aromatic heterocycles. The minimum absolute atomic E-state index is 0.166. The lowest BCUT2D eigenvalue weighted by molar-refractivity contribution is 0.466. The second-order valence-electron chi connectivity index (χ2n) is 3.10. The third-order valence-corrected chi connectivity index (χ3v) is 2.36. The van der Waals surface area contributed by atoms with Crippen LogP contribution < -0.4 is 5.73 Å². The maximum Gasteiger partial charge on any atom is 0.128 e. The molecule has 0 amide bonds. The number of rotatable bonds is 0. The molecule has 3 N–H and O–H groups in total. The van der Waals surface area contributed by atoms with Crippen LogP contribution in [-0.4, -0.2) is 5.11 Å². The molecule has 2 nitrogen and oxygen atoms in total. The smallest absolute Gasteiger partial charge is 0.128 e. The number of phenolic OH excluding ortho intramolecular Hbond substituents is 1. The molecule has 0 heterocycles. The highest BCUT2D eigenvalue weighted by molar-refractivity contribution is 5.44. The van der Waals surface area contributed by atoms with Crippen LogP contribution in [-0.2, 0) is 6.42 Å². The fourth-order valence-electron chi connectivity index (χ4n) is 1.73. The van der Waals surface area contributed by atoms with Gasteiger partial charge in [0.05, 0.1) is 0 Å². The number of aromatic hydroxyl groups is 1. The van der Waals surface area contributed by atoms with E-state index in [4.69, 9.17) is 5.73 Å². The number of benzene rings is 1. The Morgan fingerprint density at radius 1 is 1.50 bits per heavy atom. The molecule has 0 bridgehead atoms. The lowest BCUT2D eigenvalue weighted by Gasteiger charge is -2.06. The van der Waals surface area contributed by atoms with Crippen LogP contribution in [0.1, 0.15) is 23.6 Å². The highest BCUT2D eigenvalue weighted by Crippen LogP contribution is 2.36. The summed E-state index contributed by atoms with van der Waals surface area (Å²) in [5.41, 5.74) is 6.84. The monoisotopic (exact) mass is 167 g/mol. The first-order chi connectivity index (χ1) is 5.70. The van der Waals surface area contributed by atoms with E-state index in [0.717, 1.165) is 6.42 Å². The average Bonchev–Trinajstić information content (AvgIpc) is 2.42. The number of phenols is 1. The van der Waals surface area contributed by atoms with Crippen LogP contribution in [0.15, 0.2) is 12.1 Å². The fraction of sp³-hybridized carbons (Fsp3) is 0.333. The van der Waals surface area contributed by atoms with E-state index in [1.807, 2.05) is 0 Å². The van der Waals surface area contributed by atoms with Crippen molar-refractivity contribution in [1.29, 1.82) is 0 Å². The molecule has 1 aromatic rings. The van der Waals surface area contributed by atoms with E-state index in [1.165, 1.54) is 12.1 Å². The largest absolute Gasteiger partial charge is 0.508 e. The highest BCUT2D eigenvalue weighted by Gasteiger charge is 2.25. The van der Waals surface area contributed by atoms with Crippen molar-refractivity contribution in [1.82, 2.24) is 0 Å². The van der Waals surface area contributed by atoms with Crippen molar-refractivity contribution in [3.63, 3.8) is 0 Å². The van der Waals surface area contributed by atoms with Crippen LogP contribution in [0.2, 0.25) is 0 Å². The van der Waals surface area contributed by atoms with Crippen molar-refractivity contribution < 1.29 is 9.50 Å². The van der Waals surface area contributed by atoms with Gasteiger partial charge in [0.2, 0.25) is 0 Å². The van der Waals surface area contributed by atoms with Crippen LogP contribution >= 0.6 is 0 Å². The van der Waals surface area contributed by atoms with Gasteiger partial charge in [0.15, 0.2) is 0 Å². The summed E-state index contributed by atoms with van der Waals surface area (Å²) in [6, 6.07) is 2.40. The second kappa shape index (κ2) is 2.45. The van der Waals surface area contributed by atoms with Gasteiger partial charge >= 0.3 is 0 Å². The van der Waals surface area contributed by atoms with Gasteiger partial charge in [0, 0.05) is 17.2 Å². The molecule has 0 spiro atoms. The van der Waals surface area contributed by atoms with E-state index in [0.29, 0.717) is 17.5 Å². The van der Waals surface area contributed by atoms with E-state index in [2.05, 4.69) is 0 Å². The van der Waals surface area contributed by atoms with Crippen molar-refractivity contribution in [3.05, 3.63) is 29.1 Å². The molecule has 64 valence electrons. The van der Waals surface area contributed by atoms with Gasteiger partial charge < -0.3 is 10.8 Å². The summed E-state index contributed by atoms with van der Waals surface area (Å²) < 4.78 is 13.1. The molecule has 1 aliphatic carbocycles. The van der Waals surface area contributed by atoms with Gasteiger partial charge in [-0.25, -0.2) is 4.39 Å². The molecule has 0 saturated carbocycles. The molecule has 1 atom stereocenters. The topological polar surface area (TPSA) is 46.2 Å². The molecule has 0 saturated heterocycles. The third kappa shape index (κ3) is 0.898. The average molecular weight is 167 g/mol. The molecule has 1 aliphatic rings. The molecular weight excluding hydrogens is 157 g/mol. The van der Waals surface area contributed by atoms with E-state index in [1.54, 1.807) is 0 Å². The Labute approximate surface area is 69.8 Å². The van der Waals surface area contributed by atoms with E-state index >= 15 is 0 Å². The van der Waals surface area contributed by atoms with Gasteiger partial charge in [-0.1, -0.05) is 0 Å². The molecule has 0 fully saturated rings. The fourth-order valence-corrected chi connectivity index (χ4v) is 1.73. The number of halogens is 1. The normalized spacial score (nSPS) is 21.0. The minimum atomic E-state index is -0.298. The maximum absolute atomic E-state index is 13.1. The predicted octanol–water partition coefficient (Wildman–Crippen LogP) is 1.48. The Morgan fingerprint density at radius 3 is 2.92 bits per heavy atom. The summed E-state index contributed by atoms with van der Waals surface area (Å²) in [6.07, 6.45) is 1.41. The van der Waals surface area contributed by atoms with Crippen molar-refractivity contribution in [2.24, 2.45) is 5.73 Å². The number of fused-ring (bicyclic) bond motifs is 1. The number of hydrogen-bond acceptors (Lipinski definition) is 2. The Hall–Kier alpha value is -1.09. The van der Waals surface area contributed by atoms with Crippen LogP contribution in [0.25, 0.3) is 0 Å². The summed E-state index contributed by atoms with van der Waals surface area (Å²) in [5, 5.41) is 9.35. The van der Waals surface area contributed by atoms with Crippen molar-refractivity contribution in [3.8, 4) is 5.75 Å². The molecule has 0 aliphatic heterocycles. The summed E-state index contributed by atoms with van der Waals surface area (Å²) in [4.78, 5) is 0. The zero-order valence-electron chi connectivity index (χ0n) is 6.55. The first kappa shape index (κ1) is 7.55. The van der Waals surface area contributed by atoms with Gasteiger partial charge in [-0.15, -0.1) is 0 Å². The predicted molar refractivity (Wildman–Crippen MR) is 43.3 cm³/mol. The van der Waals surface area contributed by atoms with Crippen LogP contribution in [0.4, 0.5) is 4.39 Å². The summed E-state index contributed by atoms with van der Waals surface area (Å²) in [5.74, 6) is -0.132. The van der Waals surface area contributed by atoms with Gasteiger partial charge in [0.25, 0.3) is 0 Å². The SMILES string of the molecule is N[C@@H]1CCc2c(O)ccc(F)c21. The highest BCUT2D eigenvalue weighted by atomic mass is 19.1. The zero-order chi connectivity index (χ0) is 8.72. The summed E-state index contributed by atoms with van der Waals surface area (Å²) in [6.45, 7) is 0.